The number of carbonyl (C=O) groups excluding carboxylic acids is 1. The molecule has 1 amide bonds. The Kier molecular flexibility index (Phi) is 52.1. The van der Waals surface area contributed by atoms with E-state index in [0.29, 0.717) is 30.3 Å². The van der Waals surface area contributed by atoms with Gasteiger partial charge in [-0.25, -0.2) is 0 Å². The fourth-order valence-corrected chi connectivity index (χ4v) is 10.1. The number of aliphatic hydroxyl groups is 2. The predicted molar refractivity (Wildman–Crippen MR) is 308 cm³/mol. The second-order valence-corrected chi connectivity index (χ2v) is 24.0. The molecule has 0 aromatic carbocycles. The third-order valence-electron chi connectivity index (χ3n) is 14.3. The van der Waals surface area contributed by atoms with Gasteiger partial charge in [-0.1, -0.05) is 268 Å². The fraction of sp³-hybridized carbons (Fsp3) is 0.887. The van der Waals surface area contributed by atoms with Crippen molar-refractivity contribution in [1.29, 1.82) is 0 Å². The number of phosphoric acid groups is 1. The Hall–Kier alpha value is -1.32. The minimum absolute atomic E-state index is 0.0490. The van der Waals surface area contributed by atoms with Crippen molar-refractivity contribution >= 4 is 13.7 Å². The van der Waals surface area contributed by atoms with Crippen molar-refractivity contribution in [1.82, 2.24) is 5.32 Å². The summed E-state index contributed by atoms with van der Waals surface area (Å²) in [4.78, 5) is 25.5. The molecule has 0 aromatic rings. The molecule has 0 aliphatic rings. The average molecular weight is 1040 g/mol. The van der Waals surface area contributed by atoms with Crippen LogP contribution >= 0.6 is 7.82 Å². The summed E-state index contributed by atoms with van der Waals surface area (Å²) in [5, 5.41) is 24.7. The molecule has 4 unspecified atom stereocenters. The molecule has 0 fully saturated rings. The van der Waals surface area contributed by atoms with Gasteiger partial charge in [0.25, 0.3) is 7.82 Å². The number of nitrogens with one attached hydrogen (secondary N) is 1. The van der Waals surface area contributed by atoms with Crippen molar-refractivity contribution in [3.05, 3.63) is 36.5 Å². The van der Waals surface area contributed by atoms with Crippen LogP contribution in [0.4, 0.5) is 0 Å². The van der Waals surface area contributed by atoms with Crippen LogP contribution in [0.1, 0.15) is 296 Å². The number of quaternary nitrogens is 1. The van der Waals surface area contributed by atoms with Gasteiger partial charge < -0.3 is 34.0 Å². The van der Waals surface area contributed by atoms with E-state index < -0.39 is 32.7 Å². The summed E-state index contributed by atoms with van der Waals surface area (Å²) in [5.41, 5.74) is 0. The second kappa shape index (κ2) is 53.1. The Morgan fingerprint density at radius 3 is 1.19 bits per heavy atom. The van der Waals surface area contributed by atoms with Gasteiger partial charge in [0, 0.05) is 6.42 Å². The summed E-state index contributed by atoms with van der Waals surface area (Å²) in [6.07, 6.45) is 65.6. The zero-order valence-corrected chi connectivity index (χ0v) is 49.2. The molecule has 0 bridgehead atoms. The first-order valence-electron chi connectivity index (χ1n) is 30.9. The molecule has 0 spiro atoms. The van der Waals surface area contributed by atoms with Gasteiger partial charge in [0.05, 0.1) is 39.9 Å². The summed E-state index contributed by atoms with van der Waals surface area (Å²) in [6.45, 7) is 4.22. The molecule has 0 heterocycles. The van der Waals surface area contributed by atoms with Crippen molar-refractivity contribution in [3.63, 3.8) is 0 Å². The van der Waals surface area contributed by atoms with E-state index in [4.69, 9.17) is 9.05 Å². The van der Waals surface area contributed by atoms with Crippen LogP contribution in [0.15, 0.2) is 36.5 Å². The average Bonchev–Trinajstić information content (AvgIpc) is 3.34. The van der Waals surface area contributed by atoms with Crippen LogP contribution in [-0.4, -0.2) is 79.8 Å². The van der Waals surface area contributed by atoms with Gasteiger partial charge in [-0.15, -0.1) is 0 Å². The molecular weight excluding hydrogens is 916 g/mol. The van der Waals surface area contributed by atoms with Gasteiger partial charge in [0.2, 0.25) is 5.91 Å². The van der Waals surface area contributed by atoms with E-state index in [0.717, 1.165) is 44.9 Å². The first-order chi connectivity index (χ1) is 34.9. The zero-order chi connectivity index (χ0) is 52.9. The molecule has 4 atom stereocenters. The fourth-order valence-electron chi connectivity index (χ4n) is 9.42. The van der Waals surface area contributed by atoms with Crippen molar-refractivity contribution in [2.75, 3.05) is 40.9 Å². The summed E-state index contributed by atoms with van der Waals surface area (Å²) in [6, 6.07) is -1.10. The van der Waals surface area contributed by atoms with E-state index in [1.165, 1.54) is 212 Å². The number of allylic oxidation sites excluding steroid dienone is 6. The number of phosphoric ester groups is 1. The third-order valence-corrected chi connectivity index (χ3v) is 15.2. The summed E-state index contributed by atoms with van der Waals surface area (Å²) >= 11 is 0. The van der Waals surface area contributed by atoms with E-state index in [2.05, 4.69) is 48.7 Å². The minimum atomic E-state index is -4.68. The largest absolute Gasteiger partial charge is 0.756 e. The molecule has 0 saturated carbocycles. The van der Waals surface area contributed by atoms with Gasteiger partial charge >= 0.3 is 0 Å². The predicted octanol–water partition coefficient (Wildman–Crippen LogP) is 17.3. The topological polar surface area (TPSA) is 128 Å². The molecule has 9 nitrogen and oxygen atoms in total. The van der Waals surface area contributed by atoms with Crippen LogP contribution in [-0.2, 0) is 18.4 Å². The van der Waals surface area contributed by atoms with Crippen LogP contribution in [0.5, 0.6) is 0 Å². The molecule has 0 rings (SSSR count). The Balaban J connectivity index is 3.96. The molecule has 0 aliphatic carbocycles. The van der Waals surface area contributed by atoms with Gasteiger partial charge in [-0.2, -0.15) is 0 Å². The first kappa shape index (κ1) is 70.7. The van der Waals surface area contributed by atoms with Crippen LogP contribution < -0.4 is 10.2 Å². The van der Waals surface area contributed by atoms with Gasteiger partial charge in [-0.05, 0) is 58.3 Å². The van der Waals surface area contributed by atoms with E-state index in [9.17, 15) is 24.5 Å². The van der Waals surface area contributed by atoms with Crippen LogP contribution in [0.2, 0.25) is 0 Å². The maximum Gasteiger partial charge on any atom is 0.268 e. The normalized spacial score (nSPS) is 14.5. The maximum atomic E-state index is 13.0. The number of likely N-dealkylation sites (N-methyl/N-ethyl adjacent to an activating group) is 1. The number of unbranched alkanes of at least 4 members (excludes halogenated alkanes) is 38. The van der Waals surface area contributed by atoms with E-state index in [1.807, 2.05) is 28.1 Å². The quantitative estimate of drug-likeness (QED) is 0.0240. The lowest BCUT2D eigenvalue weighted by Crippen LogP contribution is -2.51. The Bertz CT molecular complexity index is 1290. The second-order valence-electron chi connectivity index (χ2n) is 22.5. The number of hydrogen-bond donors (Lipinski definition) is 3. The number of nitrogens with zero attached hydrogens (tertiary/aromatic N) is 1. The standard InChI is InChI=1S/C62H121N2O7P/c1-6-8-10-12-14-16-18-20-21-22-23-24-25-26-27-28-29-30-31-32-33-34-35-36-37-38-39-40-41-42-43-45-47-49-51-53-55-61(66)63-59(58-71-72(68,69)70-57-56-64(3,4)5)62(67)60(65)54-52-50-48-46-44-19-17-15-13-11-9-7-2/h7,9,15,17,46,48,59-60,62,65,67H,6,8,10-14,16,18-45,47,49-58H2,1-5H3,(H-,63,66,68,69)/b9-7+,17-15+,48-46+. The number of aliphatic hydroxyl groups excluding tert-OH is 2. The molecule has 3 N–H and O–H groups in total. The van der Waals surface area contributed by atoms with Crippen molar-refractivity contribution in [2.24, 2.45) is 0 Å². The van der Waals surface area contributed by atoms with Crippen LogP contribution in [0.25, 0.3) is 0 Å². The summed E-state index contributed by atoms with van der Waals surface area (Å²) < 4.78 is 23.2. The van der Waals surface area contributed by atoms with Crippen LogP contribution in [0, 0.1) is 0 Å². The van der Waals surface area contributed by atoms with Gasteiger partial charge in [0.1, 0.15) is 19.3 Å². The van der Waals surface area contributed by atoms with Crippen molar-refractivity contribution in [3.8, 4) is 0 Å². The molecule has 0 radical (unpaired) electrons. The Morgan fingerprint density at radius 1 is 0.514 bits per heavy atom. The highest BCUT2D eigenvalue weighted by atomic mass is 31.2. The molecule has 426 valence electrons. The number of carbonyl (C=O) groups is 1. The molecular formula is C62H121N2O7P. The molecule has 0 saturated heterocycles. The summed E-state index contributed by atoms with van der Waals surface area (Å²) in [7, 11) is 1.10. The SMILES string of the molecule is C/C=C/CC/C=C/CC/C=C/CCCC(O)C(O)C(COP(=O)([O-])OCC[N+](C)(C)C)NC(=O)CCCCCCCCCCCCCCCCCCCCCCCCCCCCCCCCCCCCCC. The lowest BCUT2D eigenvalue weighted by atomic mass is 10.0. The molecule has 10 heteroatoms. The van der Waals surface area contributed by atoms with Crippen LogP contribution in [0.3, 0.4) is 0 Å². The lowest BCUT2D eigenvalue weighted by molar-refractivity contribution is -0.870. The molecule has 0 aliphatic heterocycles. The number of hydrogen-bond acceptors (Lipinski definition) is 7. The highest BCUT2D eigenvalue weighted by molar-refractivity contribution is 7.45. The lowest BCUT2D eigenvalue weighted by Gasteiger charge is -2.31. The van der Waals surface area contributed by atoms with E-state index >= 15 is 0 Å². The first-order valence-corrected chi connectivity index (χ1v) is 32.3. The maximum absolute atomic E-state index is 13.0. The van der Waals surface area contributed by atoms with Crippen molar-refractivity contribution < 1.29 is 38.0 Å². The van der Waals surface area contributed by atoms with Crippen molar-refractivity contribution in [2.45, 2.75) is 315 Å². The highest BCUT2D eigenvalue weighted by Crippen LogP contribution is 2.38. The zero-order valence-electron chi connectivity index (χ0n) is 48.3. The smallest absolute Gasteiger partial charge is 0.268 e. The number of amides is 1. The monoisotopic (exact) mass is 1040 g/mol. The van der Waals surface area contributed by atoms with Gasteiger partial charge in [0.15, 0.2) is 0 Å². The Morgan fingerprint density at radius 2 is 0.847 bits per heavy atom. The van der Waals surface area contributed by atoms with Gasteiger partial charge in [-0.3, -0.25) is 9.36 Å². The highest BCUT2D eigenvalue weighted by Gasteiger charge is 2.29. The van der Waals surface area contributed by atoms with E-state index in [1.54, 1.807) is 0 Å². The molecule has 0 aromatic heterocycles. The Labute approximate surface area is 447 Å². The van der Waals surface area contributed by atoms with E-state index in [-0.39, 0.29) is 18.9 Å². The summed E-state index contributed by atoms with van der Waals surface area (Å²) in [5.74, 6) is -0.290. The third kappa shape index (κ3) is 53.5. The number of rotatable bonds is 57. The molecule has 72 heavy (non-hydrogen) atoms. The minimum Gasteiger partial charge on any atom is -0.756 e.